The SMILES string of the molecule is CNC1CCCN(C(=O)COc2cccc(Br)c2)C1.Cl. The molecule has 1 amide bonds. The summed E-state index contributed by atoms with van der Waals surface area (Å²) in [6.07, 6.45) is 2.18. The second-order valence-electron chi connectivity index (χ2n) is 4.71. The molecule has 20 heavy (non-hydrogen) atoms. The number of benzene rings is 1. The van der Waals surface area contributed by atoms with Crippen molar-refractivity contribution in [2.24, 2.45) is 0 Å². The number of nitrogens with one attached hydrogen (secondary N) is 1. The van der Waals surface area contributed by atoms with Crippen molar-refractivity contribution in [3.05, 3.63) is 28.7 Å². The first kappa shape index (κ1) is 17.3. The van der Waals surface area contributed by atoms with Crippen molar-refractivity contribution in [3.63, 3.8) is 0 Å². The second-order valence-corrected chi connectivity index (χ2v) is 5.63. The van der Waals surface area contributed by atoms with Gasteiger partial charge in [-0.25, -0.2) is 0 Å². The van der Waals surface area contributed by atoms with Crippen molar-refractivity contribution >= 4 is 34.2 Å². The maximum absolute atomic E-state index is 12.1. The Morgan fingerprint density at radius 1 is 1.55 bits per heavy atom. The molecule has 1 unspecified atom stereocenters. The number of halogens is 2. The molecule has 112 valence electrons. The zero-order valence-corrected chi connectivity index (χ0v) is 13.9. The van der Waals surface area contributed by atoms with Gasteiger partial charge in [0.2, 0.25) is 0 Å². The van der Waals surface area contributed by atoms with E-state index in [0.717, 1.165) is 30.4 Å². The van der Waals surface area contributed by atoms with Gasteiger partial charge >= 0.3 is 0 Å². The molecule has 0 aliphatic carbocycles. The van der Waals surface area contributed by atoms with Crippen LogP contribution in [0.1, 0.15) is 12.8 Å². The number of likely N-dealkylation sites (tertiary alicyclic amines) is 1. The van der Waals surface area contributed by atoms with E-state index in [9.17, 15) is 4.79 Å². The van der Waals surface area contributed by atoms with Gasteiger partial charge in [-0.2, -0.15) is 0 Å². The van der Waals surface area contributed by atoms with Crippen molar-refractivity contribution in [1.29, 1.82) is 0 Å². The molecule has 6 heteroatoms. The van der Waals surface area contributed by atoms with E-state index in [1.54, 1.807) is 0 Å². The number of ether oxygens (including phenoxy) is 1. The lowest BCUT2D eigenvalue weighted by Gasteiger charge is -2.32. The maximum Gasteiger partial charge on any atom is 0.260 e. The smallest absolute Gasteiger partial charge is 0.260 e. The summed E-state index contributed by atoms with van der Waals surface area (Å²) in [6.45, 7) is 1.71. The summed E-state index contributed by atoms with van der Waals surface area (Å²) in [5.74, 6) is 0.768. The molecular weight excluding hydrogens is 344 g/mol. The summed E-state index contributed by atoms with van der Waals surface area (Å²) in [5, 5.41) is 3.23. The first-order chi connectivity index (χ1) is 9.19. The van der Waals surface area contributed by atoms with E-state index in [-0.39, 0.29) is 24.9 Å². The summed E-state index contributed by atoms with van der Waals surface area (Å²) in [5.41, 5.74) is 0. The van der Waals surface area contributed by atoms with Gasteiger partial charge in [0.05, 0.1) is 0 Å². The molecule has 0 saturated carbocycles. The molecule has 2 rings (SSSR count). The number of piperidine rings is 1. The number of amides is 1. The normalized spacial score (nSPS) is 18.3. The molecule has 1 aromatic rings. The van der Waals surface area contributed by atoms with Crippen LogP contribution in [-0.2, 0) is 4.79 Å². The largest absolute Gasteiger partial charge is 0.484 e. The van der Waals surface area contributed by atoms with Gasteiger partial charge < -0.3 is 15.0 Å². The van der Waals surface area contributed by atoms with Crippen molar-refractivity contribution in [2.45, 2.75) is 18.9 Å². The highest BCUT2D eigenvalue weighted by Crippen LogP contribution is 2.18. The Morgan fingerprint density at radius 3 is 3.05 bits per heavy atom. The molecule has 0 radical (unpaired) electrons. The van der Waals surface area contributed by atoms with Crippen LogP contribution in [0.25, 0.3) is 0 Å². The number of carbonyl (C=O) groups excluding carboxylic acids is 1. The van der Waals surface area contributed by atoms with E-state index >= 15 is 0 Å². The molecule has 1 fully saturated rings. The number of rotatable bonds is 4. The van der Waals surface area contributed by atoms with Gasteiger partial charge in [0.15, 0.2) is 6.61 Å². The van der Waals surface area contributed by atoms with Crippen LogP contribution in [-0.4, -0.2) is 43.6 Å². The van der Waals surface area contributed by atoms with E-state index in [2.05, 4.69) is 21.2 Å². The minimum atomic E-state index is 0. The van der Waals surface area contributed by atoms with Gasteiger partial charge in [0, 0.05) is 23.6 Å². The highest BCUT2D eigenvalue weighted by Gasteiger charge is 2.22. The molecule has 1 atom stereocenters. The van der Waals surface area contributed by atoms with Gasteiger partial charge in [-0.1, -0.05) is 22.0 Å². The molecule has 1 aliphatic rings. The highest BCUT2D eigenvalue weighted by atomic mass is 79.9. The molecule has 0 spiro atoms. The summed E-state index contributed by atoms with van der Waals surface area (Å²) < 4.78 is 6.48. The maximum atomic E-state index is 12.1. The summed E-state index contributed by atoms with van der Waals surface area (Å²) >= 11 is 3.38. The van der Waals surface area contributed by atoms with E-state index in [1.807, 2.05) is 36.2 Å². The van der Waals surface area contributed by atoms with Crippen molar-refractivity contribution in [1.82, 2.24) is 10.2 Å². The minimum Gasteiger partial charge on any atom is -0.484 e. The quantitative estimate of drug-likeness (QED) is 0.893. The van der Waals surface area contributed by atoms with Crippen molar-refractivity contribution < 1.29 is 9.53 Å². The van der Waals surface area contributed by atoms with Crippen LogP contribution in [0.5, 0.6) is 5.75 Å². The van der Waals surface area contributed by atoms with Crippen LogP contribution in [0, 0.1) is 0 Å². The Balaban J connectivity index is 0.00000200. The number of nitrogens with zero attached hydrogens (tertiary/aromatic N) is 1. The molecule has 4 nitrogen and oxygen atoms in total. The third-order valence-corrected chi connectivity index (χ3v) is 3.83. The molecular formula is C14H20BrClN2O2. The minimum absolute atomic E-state index is 0. The fraction of sp³-hybridized carbons (Fsp3) is 0.500. The van der Waals surface area contributed by atoms with Gasteiger partial charge in [0.1, 0.15) is 5.75 Å². The molecule has 1 saturated heterocycles. The summed E-state index contributed by atoms with van der Waals surface area (Å²) in [6, 6.07) is 7.94. The predicted octanol–water partition coefficient (Wildman–Crippen LogP) is 2.46. The Morgan fingerprint density at radius 2 is 2.35 bits per heavy atom. The van der Waals surface area contributed by atoms with Gasteiger partial charge in [-0.15, -0.1) is 12.4 Å². The zero-order valence-electron chi connectivity index (χ0n) is 11.5. The Hall–Kier alpha value is -0.780. The Labute approximate surface area is 134 Å². The van der Waals surface area contributed by atoms with E-state index in [1.165, 1.54) is 0 Å². The van der Waals surface area contributed by atoms with Crippen LogP contribution in [0.15, 0.2) is 28.7 Å². The molecule has 1 aromatic carbocycles. The average Bonchev–Trinajstić information content (AvgIpc) is 2.45. The van der Waals surface area contributed by atoms with Crippen molar-refractivity contribution in [2.75, 3.05) is 26.7 Å². The monoisotopic (exact) mass is 362 g/mol. The number of likely N-dealkylation sites (N-methyl/N-ethyl adjacent to an activating group) is 1. The highest BCUT2D eigenvalue weighted by molar-refractivity contribution is 9.10. The number of hydrogen-bond donors (Lipinski definition) is 1. The standard InChI is InChI=1S/C14H19BrN2O2.ClH/c1-16-12-5-3-7-17(9-12)14(18)10-19-13-6-2-4-11(15)8-13;/h2,4,6,8,12,16H,3,5,7,9-10H2,1H3;1H. The van der Waals surface area contributed by atoms with E-state index in [4.69, 9.17) is 4.74 Å². The lowest BCUT2D eigenvalue weighted by molar-refractivity contribution is -0.134. The first-order valence-corrected chi connectivity index (χ1v) is 7.32. The third kappa shape index (κ3) is 4.96. The van der Waals surface area contributed by atoms with Gasteiger partial charge in [0.25, 0.3) is 5.91 Å². The molecule has 0 bridgehead atoms. The number of hydrogen-bond acceptors (Lipinski definition) is 3. The van der Waals surface area contributed by atoms with Crippen LogP contribution >= 0.6 is 28.3 Å². The van der Waals surface area contributed by atoms with Crippen LogP contribution in [0.3, 0.4) is 0 Å². The summed E-state index contributed by atoms with van der Waals surface area (Å²) in [7, 11) is 1.94. The molecule has 1 aliphatic heterocycles. The third-order valence-electron chi connectivity index (χ3n) is 3.34. The van der Waals surface area contributed by atoms with Gasteiger partial charge in [-0.3, -0.25) is 4.79 Å². The predicted molar refractivity (Wildman–Crippen MR) is 85.5 cm³/mol. The Kier molecular flexibility index (Phi) is 7.34. The molecule has 1 N–H and O–H groups in total. The fourth-order valence-electron chi connectivity index (χ4n) is 2.23. The van der Waals surface area contributed by atoms with E-state index in [0.29, 0.717) is 11.8 Å². The zero-order chi connectivity index (χ0) is 13.7. The lowest BCUT2D eigenvalue weighted by Crippen LogP contribution is -2.48. The Bertz CT molecular complexity index is 445. The van der Waals surface area contributed by atoms with Crippen LogP contribution in [0.4, 0.5) is 0 Å². The molecule has 1 heterocycles. The topological polar surface area (TPSA) is 41.6 Å². The van der Waals surface area contributed by atoms with E-state index < -0.39 is 0 Å². The van der Waals surface area contributed by atoms with Crippen LogP contribution < -0.4 is 10.1 Å². The second kappa shape index (κ2) is 8.49. The molecule has 0 aromatic heterocycles. The lowest BCUT2D eigenvalue weighted by atomic mass is 10.1. The van der Waals surface area contributed by atoms with Crippen molar-refractivity contribution in [3.8, 4) is 5.75 Å². The average molecular weight is 364 g/mol. The van der Waals surface area contributed by atoms with Crippen LogP contribution in [0.2, 0.25) is 0 Å². The fourth-order valence-corrected chi connectivity index (χ4v) is 2.61. The summed E-state index contributed by atoms with van der Waals surface area (Å²) in [4.78, 5) is 14.0. The van der Waals surface area contributed by atoms with Gasteiger partial charge in [-0.05, 0) is 38.1 Å². The number of carbonyl (C=O) groups is 1. The first-order valence-electron chi connectivity index (χ1n) is 6.52.